The van der Waals surface area contributed by atoms with Crippen LogP contribution >= 0.6 is 0 Å². The van der Waals surface area contributed by atoms with Crippen molar-refractivity contribution in [2.24, 2.45) is 0 Å². The zero-order valence-electron chi connectivity index (χ0n) is 7.14. The topological polar surface area (TPSA) is 59.9 Å². The fourth-order valence-corrected chi connectivity index (χ4v) is 1.28. The summed E-state index contributed by atoms with van der Waals surface area (Å²) in [6.45, 7) is 0. The van der Waals surface area contributed by atoms with Crippen molar-refractivity contribution < 1.29 is 4.74 Å². The molecule has 0 saturated heterocycles. The molecule has 68 valence electrons. The molecule has 1 aliphatic heterocycles. The molecule has 0 atom stereocenters. The van der Waals surface area contributed by atoms with Gasteiger partial charge in [0.2, 0.25) is 0 Å². The minimum absolute atomic E-state index is 0.619. The largest absolute Gasteiger partial charge is 0.448 e. The van der Waals surface area contributed by atoms with Gasteiger partial charge in [0.1, 0.15) is 6.33 Å². The van der Waals surface area contributed by atoms with Gasteiger partial charge in [0.15, 0.2) is 23.1 Å². The first-order valence-electron chi connectivity index (χ1n) is 4.13. The molecule has 2 aromatic heterocycles. The van der Waals surface area contributed by atoms with Crippen molar-refractivity contribution in [2.45, 2.75) is 0 Å². The molecule has 0 bridgehead atoms. The number of ether oxygens (including phenoxy) is 1. The van der Waals surface area contributed by atoms with E-state index in [4.69, 9.17) is 4.74 Å². The Hall–Kier alpha value is -2.17. The molecule has 3 heterocycles. The average molecular weight is 186 g/mol. The van der Waals surface area contributed by atoms with Crippen LogP contribution in [0.3, 0.4) is 0 Å². The van der Waals surface area contributed by atoms with Gasteiger partial charge in [0.25, 0.3) is 0 Å². The molecule has 14 heavy (non-hydrogen) atoms. The summed E-state index contributed by atoms with van der Waals surface area (Å²) in [5.74, 6) is 2.63. The number of pyridine rings is 1. The van der Waals surface area contributed by atoms with E-state index in [1.54, 1.807) is 12.4 Å². The van der Waals surface area contributed by atoms with Gasteiger partial charge in [-0.15, -0.1) is 0 Å². The van der Waals surface area contributed by atoms with Crippen molar-refractivity contribution in [3.05, 3.63) is 30.9 Å². The molecule has 0 unspecified atom stereocenters. The summed E-state index contributed by atoms with van der Waals surface area (Å²) in [6.07, 6.45) is 4.77. The third kappa shape index (κ3) is 0.990. The molecule has 3 rings (SSSR count). The molecule has 0 saturated carbocycles. The summed E-state index contributed by atoms with van der Waals surface area (Å²) in [7, 11) is 0. The summed E-state index contributed by atoms with van der Waals surface area (Å²) in [6, 6.07) is 3.65. The van der Waals surface area contributed by atoms with Crippen LogP contribution in [0.5, 0.6) is 11.5 Å². The lowest BCUT2D eigenvalue weighted by Gasteiger charge is -2.18. The smallest absolute Gasteiger partial charge is 0.188 e. The fraction of sp³-hybridized carbons (Fsp3) is 0. The molecule has 0 radical (unpaired) electrons. The molecule has 0 amide bonds. The number of rotatable bonds is 0. The summed E-state index contributed by atoms with van der Waals surface area (Å²) < 4.78 is 5.53. The second-order valence-corrected chi connectivity index (χ2v) is 2.81. The van der Waals surface area contributed by atoms with Crippen LogP contribution in [-0.4, -0.2) is 15.0 Å². The van der Waals surface area contributed by atoms with E-state index < -0.39 is 0 Å². The van der Waals surface area contributed by atoms with Crippen LogP contribution in [0, 0.1) is 0 Å². The fourth-order valence-electron chi connectivity index (χ4n) is 1.28. The van der Waals surface area contributed by atoms with E-state index in [1.165, 1.54) is 6.33 Å². The first-order chi connectivity index (χ1) is 6.93. The summed E-state index contributed by atoms with van der Waals surface area (Å²) >= 11 is 0. The van der Waals surface area contributed by atoms with E-state index in [1.807, 2.05) is 12.1 Å². The molecule has 0 aromatic carbocycles. The number of fused-ring (bicyclic) bond motifs is 2. The van der Waals surface area contributed by atoms with Crippen LogP contribution in [-0.2, 0) is 0 Å². The Morgan fingerprint density at radius 1 is 1.14 bits per heavy atom. The van der Waals surface area contributed by atoms with E-state index in [0.29, 0.717) is 23.1 Å². The van der Waals surface area contributed by atoms with Crippen molar-refractivity contribution in [2.75, 3.05) is 5.32 Å². The molecule has 0 aliphatic carbocycles. The maximum absolute atomic E-state index is 5.53. The zero-order valence-corrected chi connectivity index (χ0v) is 7.14. The predicted molar refractivity (Wildman–Crippen MR) is 49.6 cm³/mol. The van der Waals surface area contributed by atoms with Gasteiger partial charge in [-0.25, -0.2) is 15.0 Å². The van der Waals surface area contributed by atoms with Crippen LogP contribution in [0.25, 0.3) is 0 Å². The molecule has 5 nitrogen and oxygen atoms in total. The Balaban J connectivity index is 2.12. The number of aromatic nitrogens is 3. The molecular weight excluding hydrogens is 180 g/mol. The van der Waals surface area contributed by atoms with Crippen LogP contribution in [0.4, 0.5) is 11.6 Å². The van der Waals surface area contributed by atoms with Crippen molar-refractivity contribution in [1.82, 2.24) is 15.0 Å². The molecule has 0 fully saturated rings. The second-order valence-electron chi connectivity index (χ2n) is 2.81. The maximum atomic E-state index is 5.53. The highest BCUT2D eigenvalue weighted by Crippen LogP contribution is 2.37. The third-order valence-electron chi connectivity index (χ3n) is 1.91. The first kappa shape index (κ1) is 7.25. The molecule has 0 spiro atoms. The van der Waals surface area contributed by atoms with Crippen LogP contribution in [0.2, 0.25) is 0 Å². The van der Waals surface area contributed by atoms with Crippen LogP contribution in [0.15, 0.2) is 30.9 Å². The van der Waals surface area contributed by atoms with E-state index in [0.717, 1.165) is 0 Å². The number of hydrogen-bond donors (Lipinski definition) is 1. The van der Waals surface area contributed by atoms with Gasteiger partial charge >= 0.3 is 0 Å². The maximum Gasteiger partial charge on any atom is 0.188 e. The van der Waals surface area contributed by atoms with Gasteiger partial charge in [0, 0.05) is 6.20 Å². The van der Waals surface area contributed by atoms with Crippen LogP contribution in [0.1, 0.15) is 0 Å². The molecule has 1 aliphatic rings. The summed E-state index contributed by atoms with van der Waals surface area (Å²) in [4.78, 5) is 12.0. The molecule has 2 aromatic rings. The molecule has 1 N–H and O–H groups in total. The zero-order chi connectivity index (χ0) is 9.38. The molecule has 5 heteroatoms. The average Bonchev–Trinajstić information content (AvgIpc) is 2.26. The summed E-state index contributed by atoms with van der Waals surface area (Å²) in [5, 5.41) is 3.05. The Morgan fingerprint density at radius 2 is 2.07 bits per heavy atom. The van der Waals surface area contributed by atoms with Gasteiger partial charge in [0.05, 0.1) is 6.20 Å². The number of anilines is 2. The van der Waals surface area contributed by atoms with Gasteiger partial charge in [-0.1, -0.05) is 0 Å². The highest BCUT2D eigenvalue weighted by molar-refractivity contribution is 5.68. The monoisotopic (exact) mass is 186 g/mol. The normalized spacial score (nSPS) is 12.0. The minimum atomic E-state index is 0.619. The highest BCUT2D eigenvalue weighted by atomic mass is 16.5. The first-order valence-corrected chi connectivity index (χ1v) is 4.13. The number of hydrogen-bond acceptors (Lipinski definition) is 5. The minimum Gasteiger partial charge on any atom is -0.448 e. The Morgan fingerprint density at radius 3 is 3.07 bits per heavy atom. The highest BCUT2D eigenvalue weighted by Gasteiger charge is 2.17. The van der Waals surface area contributed by atoms with Crippen molar-refractivity contribution in [3.63, 3.8) is 0 Å². The number of nitrogens with zero attached hydrogens (tertiary/aromatic N) is 3. The lowest BCUT2D eigenvalue weighted by atomic mass is 10.3. The third-order valence-corrected chi connectivity index (χ3v) is 1.91. The second kappa shape index (κ2) is 2.66. The van der Waals surface area contributed by atoms with Crippen molar-refractivity contribution in [3.8, 4) is 11.5 Å². The SMILES string of the molecule is c1cnc2c(c1)Oc1cncnc1N2. The summed E-state index contributed by atoms with van der Waals surface area (Å²) in [5.41, 5.74) is 0. The predicted octanol–water partition coefficient (Wildman–Crippen LogP) is 1.72. The Bertz CT molecular complexity index is 398. The molecular formula is C9H6N4O. The lowest BCUT2D eigenvalue weighted by Crippen LogP contribution is -2.06. The van der Waals surface area contributed by atoms with Gasteiger partial charge in [-0.3, -0.25) is 0 Å². The van der Waals surface area contributed by atoms with E-state index in [2.05, 4.69) is 20.3 Å². The quantitative estimate of drug-likeness (QED) is 0.579. The Labute approximate surface area is 79.8 Å². The van der Waals surface area contributed by atoms with E-state index in [-0.39, 0.29) is 0 Å². The van der Waals surface area contributed by atoms with Gasteiger partial charge < -0.3 is 10.1 Å². The van der Waals surface area contributed by atoms with Gasteiger partial charge in [-0.2, -0.15) is 0 Å². The van der Waals surface area contributed by atoms with Crippen molar-refractivity contribution >= 4 is 11.6 Å². The van der Waals surface area contributed by atoms with E-state index in [9.17, 15) is 0 Å². The van der Waals surface area contributed by atoms with E-state index >= 15 is 0 Å². The van der Waals surface area contributed by atoms with Gasteiger partial charge in [-0.05, 0) is 12.1 Å². The van der Waals surface area contributed by atoms with Crippen LogP contribution < -0.4 is 10.1 Å². The van der Waals surface area contributed by atoms with Crippen molar-refractivity contribution in [1.29, 1.82) is 0 Å². The Kier molecular flexibility index (Phi) is 1.38. The standard InChI is InChI=1S/C9H6N4O/c1-2-6-8(11-3-1)13-9-7(14-6)4-10-5-12-9/h1-5H,(H,10,11,12,13). The number of nitrogens with one attached hydrogen (secondary N) is 1. The lowest BCUT2D eigenvalue weighted by molar-refractivity contribution is 0.473.